The largest absolute Gasteiger partial charge is 0.444 e. The highest BCUT2D eigenvalue weighted by Gasteiger charge is 2.60. The van der Waals surface area contributed by atoms with Crippen molar-refractivity contribution in [3.63, 3.8) is 0 Å². The molecule has 1 saturated carbocycles. The highest BCUT2D eigenvalue weighted by Crippen LogP contribution is 2.57. The van der Waals surface area contributed by atoms with Crippen LogP contribution in [0.2, 0.25) is 0 Å². The average molecular weight is 290 g/mol. The number of nitrogens with zero attached hydrogens (tertiary/aromatic N) is 2. The van der Waals surface area contributed by atoms with Crippen molar-refractivity contribution in [3.8, 4) is 0 Å². The molecule has 2 fully saturated rings. The van der Waals surface area contributed by atoms with Gasteiger partial charge < -0.3 is 14.7 Å². The van der Waals surface area contributed by atoms with E-state index in [2.05, 4.69) is 4.98 Å². The fourth-order valence-corrected chi connectivity index (χ4v) is 3.26. The number of ether oxygens (including phenoxy) is 1. The van der Waals surface area contributed by atoms with E-state index < -0.39 is 11.7 Å². The molecule has 5 heteroatoms. The van der Waals surface area contributed by atoms with Gasteiger partial charge in [-0.3, -0.25) is 4.98 Å². The van der Waals surface area contributed by atoms with E-state index in [0.29, 0.717) is 24.9 Å². The molecule has 2 heterocycles. The van der Waals surface area contributed by atoms with E-state index in [1.165, 1.54) is 0 Å². The summed E-state index contributed by atoms with van der Waals surface area (Å²) in [5, 5.41) is 10.4. The van der Waals surface area contributed by atoms with Crippen LogP contribution >= 0.6 is 0 Å². The first kappa shape index (κ1) is 14.3. The molecule has 0 aromatic carbocycles. The third kappa shape index (κ3) is 2.88. The molecule has 3 rings (SSSR count). The molecule has 1 saturated heterocycles. The summed E-state index contributed by atoms with van der Waals surface area (Å²) in [5.74, 6) is 0.961. The Kier molecular flexibility index (Phi) is 3.40. The van der Waals surface area contributed by atoms with E-state index >= 15 is 0 Å². The van der Waals surface area contributed by atoms with Crippen molar-refractivity contribution in [2.24, 2.45) is 17.8 Å². The van der Waals surface area contributed by atoms with E-state index in [4.69, 9.17) is 4.74 Å². The van der Waals surface area contributed by atoms with Crippen molar-refractivity contribution in [1.29, 1.82) is 0 Å². The van der Waals surface area contributed by atoms with Gasteiger partial charge in [0.15, 0.2) is 0 Å². The van der Waals surface area contributed by atoms with Gasteiger partial charge in [-0.05, 0) is 44.7 Å². The average Bonchev–Trinajstić information content (AvgIpc) is 2.90. The maximum absolute atomic E-state index is 12.0. The number of aromatic nitrogens is 1. The minimum Gasteiger partial charge on any atom is -0.444 e. The standard InChI is InChI=1S/C16H22N2O3/c1-16(2,3)21-15(20)18-8-10-11(9-18)13(10)14(19)12-6-4-5-7-17-12/h4-7,10-11,13-14,19H,8-9H2,1-3H3/t10-,11+,13?,14?. The lowest BCUT2D eigenvalue weighted by Gasteiger charge is -2.26. The van der Waals surface area contributed by atoms with Crippen molar-refractivity contribution < 1.29 is 14.6 Å². The topological polar surface area (TPSA) is 62.7 Å². The molecule has 1 aliphatic carbocycles. The molecule has 1 amide bonds. The van der Waals surface area contributed by atoms with Crippen LogP contribution in [0, 0.1) is 17.8 Å². The van der Waals surface area contributed by atoms with Gasteiger partial charge in [0.25, 0.3) is 0 Å². The van der Waals surface area contributed by atoms with E-state index in [9.17, 15) is 9.90 Å². The SMILES string of the molecule is CC(C)(C)OC(=O)N1C[C@@H]2C(C(O)c3ccccn3)[C@@H]2C1. The number of rotatable bonds is 2. The van der Waals surface area contributed by atoms with Gasteiger partial charge in [-0.15, -0.1) is 0 Å². The number of pyridine rings is 1. The number of carbonyl (C=O) groups is 1. The molecule has 0 spiro atoms. The Labute approximate surface area is 124 Å². The number of amides is 1. The van der Waals surface area contributed by atoms with Gasteiger partial charge in [0.2, 0.25) is 0 Å². The van der Waals surface area contributed by atoms with Crippen molar-refractivity contribution in [2.75, 3.05) is 13.1 Å². The number of hydrogen-bond acceptors (Lipinski definition) is 4. The summed E-state index contributed by atoms with van der Waals surface area (Å²) in [6.07, 6.45) is 0.923. The lowest BCUT2D eigenvalue weighted by molar-refractivity contribution is 0.0240. The summed E-state index contributed by atoms with van der Waals surface area (Å²) in [5.41, 5.74) is 0.261. The van der Waals surface area contributed by atoms with Crippen LogP contribution in [0.15, 0.2) is 24.4 Å². The first-order valence-corrected chi connectivity index (χ1v) is 7.44. The first-order valence-electron chi connectivity index (χ1n) is 7.44. The zero-order valence-electron chi connectivity index (χ0n) is 12.7. The summed E-state index contributed by atoms with van der Waals surface area (Å²) in [7, 11) is 0. The van der Waals surface area contributed by atoms with E-state index in [-0.39, 0.29) is 12.0 Å². The molecule has 2 aliphatic rings. The molecule has 1 aliphatic heterocycles. The Bertz CT molecular complexity index is 514. The van der Waals surface area contributed by atoms with Crippen LogP contribution in [0.4, 0.5) is 4.79 Å². The van der Waals surface area contributed by atoms with E-state index in [0.717, 1.165) is 5.69 Å². The van der Waals surface area contributed by atoms with Crippen molar-refractivity contribution >= 4 is 6.09 Å². The highest BCUT2D eigenvalue weighted by atomic mass is 16.6. The third-order valence-electron chi connectivity index (χ3n) is 4.27. The van der Waals surface area contributed by atoms with Gasteiger partial charge in [0.05, 0.1) is 11.8 Å². The van der Waals surface area contributed by atoms with E-state index in [1.807, 2.05) is 39.0 Å². The predicted octanol–water partition coefficient (Wildman–Crippen LogP) is 2.23. The number of hydrogen-bond donors (Lipinski definition) is 1. The molecule has 1 aromatic heterocycles. The molecule has 1 aromatic rings. The van der Waals surface area contributed by atoms with Gasteiger partial charge in [-0.1, -0.05) is 6.07 Å². The Hall–Kier alpha value is -1.62. The molecule has 4 atom stereocenters. The number of aliphatic hydroxyl groups excluding tert-OH is 1. The normalized spacial score (nSPS) is 29.0. The van der Waals surface area contributed by atoms with Crippen LogP contribution in [0.5, 0.6) is 0 Å². The Morgan fingerprint density at radius 2 is 2.05 bits per heavy atom. The summed E-state index contributed by atoms with van der Waals surface area (Å²) < 4.78 is 5.38. The number of aliphatic hydroxyl groups is 1. The fourth-order valence-electron chi connectivity index (χ4n) is 3.26. The maximum atomic E-state index is 12.0. The predicted molar refractivity (Wildman–Crippen MR) is 77.5 cm³/mol. The second-order valence-electron chi connectivity index (χ2n) is 6.99. The summed E-state index contributed by atoms with van der Waals surface area (Å²) in [4.78, 5) is 18.0. The second kappa shape index (κ2) is 4.98. The number of piperidine rings is 1. The number of likely N-dealkylation sites (tertiary alicyclic amines) is 1. The summed E-state index contributed by atoms with van der Waals surface area (Å²) in [6, 6.07) is 5.58. The van der Waals surface area contributed by atoms with Crippen LogP contribution in [-0.4, -0.2) is 39.8 Å². The molecule has 1 N–H and O–H groups in total. The fraction of sp³-hybridized carbons (Fsp3) is 0.625. The molecule has 0 bridgehead atoms. The van der Waals surface area contributed by atoms with Gasteiger partial charge >= 0.3 is 6.09 Å². The van der Waals surface area contributed by atoms with Crippen LogP contribution in [0.3, 0.4) is 0 Å². The van der Waals surface area contributed by atoms with Gasteiger partial charge in [-0.2, -0.15) is 0 Å². The Balaban J connectivity index is 1.56. The lowest BCUT2D eigenvalue weighted by atomic mass is 10.1. The molecule has 5 nitrogen and oxygen atoms in total. The third-order valence-corrected chi connectivity index (χ3v) is 4.27. The van der Waals surface area contributed by atoms with Crippen molar-refractivity contribution in [3.05, 3.63) is 30.1 Å². The van der Waals surface area contributed by atoms with Crippen molar-refractivity contribution in [2.45, 2.75) is 32.5 Å². The number of carbonyl (C=O) groups excluding carboxylic acids is 1. The lowest BCUT2D eigenvalue weighted by Crippen LogP contribution is -2.37. The van der Waals surface area contributed by atoms with Crippen LogP contribution in [0.25, 0.3) is 0 Å². The van der Waals surface area contributed by atoms with Gasteiger partial charge in [0, 0.05) is 25.2 Å². The zero-order valence-corrected chi connectivity index (χ0v) is 12.7. The number of fused-ring (bicyclic) bond motifs is 1. The Morgan fingerprint density at radius 1 is 1.38 bits per heavy atom. The molecule has 21 heavy (non-hydrogen) atoms. The van der Waals surface area contributed by atoms with Crippen molar-refractivity contribution in [1.82, 2.24) is 9.88 Å². The van der Waals surface area contributed by atoms with Gasteiger partial charge in [0.1, 0.15) is 5.60 Å². The van der Waals surface area contributed by atoms with Gasteiger partial charge in [-0.25, -0.2) is 4.79 Å². The Morgan fingerprint density at radius 3 is 2.57 bits per heavy atom. The minimum atomic E-state index is -0.526. The van der Waals surface area contributed by atoms with Crippen LogP contribution in [0.1, 0.15) is 32.6 Å². The van der Waals surface area contributed by atoms with Crippen LogP contribution in [-0.2, 0) is 4.74 Å². The highest BCUT2D eigenvalue weighted by molar-refractivity contribution is 5.69. The minimum absolute atomic E-state index is 0.221. The first-order chi connectivity index (χ1) is 9.87. The molecular formula is C16H22N2O3. The zero-order chi connectivity index (χ0) is 15.2. The molecular weight excluding hydrogens is 268 g/mol. The van der Waals surface area contributed by atoms with Crippen LogP contribution < -0.4 is 0 Å². The quantitative estimate of drug-likeness (QED) is 0.907. The second-order valence-corrected chi connectivity index (χ2v) is 6.99. The summed E-state index contributed by atoms with van der Waals surface area (Å²) in [6.45, 7) is 6.96. The molecule has 114 valence electrons. The van der Waals surface area contributed by atoms with E-state index in [1.54, 1.807) is 11.1 Å². The molecule has 2 unspecified atom stereocenters. The maximum Gasteiger partial charge on any atom is 0.410 e. The summed E-state index contributed by atoms with van der Waals surface area (Å²) >= 11 is 0. The smallest absolute Gasteiger partial charge is 0.410 e. The molecule has 0 radical (unpaired) electrons. The monoisotopic (exact) mass is 290 g/mol.